The van der Waals surface area contributed by atoms with Crippen LogP contribution >= 0.6 is 0 Å². The Morgan fingerprint density at radius 1 is 1.32 bits per heavy atom. The topological polar surface area (TPSA) is 55.4 Å². The highest BCUT2D eigenvalue weighted by atomic mass is 16.5. The number of amides is 1. The van der Waals surface area contributed by atoms with Gasteiger partial charge in [-0.15, -0.1) is 0 Å². The molecule has 100 valence electrons. The summed E-state index contributed by atoms with van der Waals surface area (Å²) in [6.07, 6.45) is 4.02. The molecule has 0 atom stereocenters. The molecule has 2 aliphatic rings. The normalized spacial score (nSPS) is 19.9. The molecule has 4 nitrogen and oxygen atoms in total. The van der Waals surface area contributed by atoms with E-state index in [1.807, 2.05) is 12.1 Å². The number of rotatable bonds is 2. The number of hydrogen-bond acceptors (Lipinski definition) is 3. The molecular weight excluding hydrogens is 242 g/mol. The van der Waals surface area contributed by atoms with E-state index in [1.165, 1.54) is 7.11 Å². The maximum Gasteiger partial charge on any atom is 0.316 e. The van der Waals surface area contributed by atoms with Crippen molar-refractivity contribution in [2.75, 3.05) is 12.4 Å². The lowest BCUT2D eigenvalue weighted by atomic mass is 9.64. The van der Waals surface area contributed by atoms with E-state index >= 15 is 0 Å². The number of anilines is 1. The van der Waals surface area contributed by atoms with E-state index in [-0.39, 0.29) is 11.9 Å². The van der Waals surface area contributed by atoms with Gasteiger partial charge in [-0.1, -0.05) is 18.6 Å². The first kappa shape index (κ1) is 12.2. The second kappa shape index (κ2) is 4.37. The van der Waals surface area contributed by atoms with Crippen molar-refractivity contribution in [3.05, 3.63) is 29.3 Å². The van der Waals surface area contributed by atoms with Crippen LogP contribution in [0.25, 0.3) is 0 Å². The van der Waals surface area contributed by atoms with Gasteiger partial charge in [0, 0.05) is 12.1 Å². The number of esters is 1. The van der Waals surface area contributed by atoms with Crippen LogP contribution in [0.4, 0.5) is 5.69 Å². The summed E-state index contributed by atoms with van der Waals surface area (Å²) in [4.78, 5) is 23.4. The molecule has 1 heterocycles. The van der Waals surface area contributed by atoms with E-state index in [9.17, 15) is 9.59 Å². The Balaban J connectivity index is 1.98. The molecule has 0 radical (unpaired) electrons. The van der Waals surface area contributed by atoms with Crippen molar-refractivity contribution in [1.82, 2.24) is 0 Å². The lowest BCUT2D eigenvalue weighted by Crippen LogP contribution is -2.43. The summed E-state index contributed by atoms with van der Waals surface area (Å²) in [7, 11) is 1.45. The number of carbonyl (C=O) groups excluding carboxylic acids is 2. The number of carbonyl (C=O) groups is 2. The lowest BCUT2D eigenvalue weighted by Gasteiger charge is -2.39. The number of fused-ring (bicyclic) bond motifs is 1. The number of ether oxygens (including phenoxy) is 1. The molecule has 3 rings (SSSR count). The van der Waals surface area contributed by atoms with Gasteiger partial charge in [0.1, 0.15) is 0 Å². The van der Waals surface area contributed by atoms with Gasteiger partial charge in [0.05, 0.1) is 12.5 Å². The minimum atomic E-state index is -0.453. The zero-order valence-electron chi connectivity index (χ0n) is 11.0. The summed E-state index contributed by atoms with van der Waals surface area (Å²) in [5.41, 5.74) is 2.57. The summed E-state index contributed by atoms with van der Waals surface area (Å²) < 4.78 is 4.96. The highest BCUT2D eigenvalue weighted by molar-refractivity contribution is 5.94. The van der Waals surface area contributed by atoms with E-state index in [1.54, 1.807) is 0 Å². The first-order valence-corrected chi connectivity index (χ1v) is 6.67. The van der Waals surface area contributed by atoms with Gasteiger partial charge in [-0.05, 0) is 36.5 Å². The number of aryl methyl sites for hydroxylation is 1. The summed E-state index contributed by atoms with van der Waals surface area (Å²) in [6, 6.07) is 5.91. The Hall–Kier alpha value is -1.84. The van der Waals surface area contributed by atoms with Crippen LogP contribution in [-0.2, 0) is 26.2 Å². The average Bonchev–Trinajstić information content (AvgIpc) is 2.37. The Bertz CT molecular complexity index is 546. The minimum absolute atomic E-state index is 0.0616. The third kappa shape index (κ3) is 1.82. The molecule has 0 spiro atoms. The highest BCUT2D eigenvalue weighted by Crippen LogP contribution is 2.45. The van der Waals surface area contributed by atoms with Gasteiger partial charge in [-0.2, -0.15) is 0 Å². The van der Waals surface area contributed by atoms with Crippen molar-refractivity contribution in [3.8, 4) is 0 Å². The predicted molar refractivity (Wildman–Crippen MR) is 70.9 cm³/mol. The summed E-state index contributed by atoms with van der Waals surface area (Å²) in [5.74, 6) is -0.0786. The molecule has 0 aromatic heterocycles. The third-order valence-electron chi connectivity index (χ3n) is 4.34. The van der Waals surface area contributed by atoms with Crippen molar-refractivity contribution < 1.29 is 14.3 Å². The molecule has 1 fully saturated rings. The van der Waals surface area contributed by atoms with Crippen molar-refractivity contribution in [3.63, 3.8) is 0 Å². The maximum atomic E-state index is 12.0. The highest BCUT2D eigenvalue weighted by Gasteiger charge is 2.47. The third-order valence-corrected chi connectivity index (χ3v) is 4.34. The van der Waals surface area contributed by atoms with Crippen molar-refractivity contribution in [2.24, 2.45) is 0 Å². The lowest BCUT2D eigenvalue weighted by molar-refractivity contribution is -0.151. The van der Waals surface area contributed by atoms with Crippen molar-refractivity contribution >= 4 is 17.6 Å². The molecule has 0 saturated heterocycles. The maximum absolute atomic E-state index is 12.0. The van der Waals surface area contributed by atoms with Crippen LogP contribution in [0.1, 0.15) is 36.8 Å². The first-order valence-electron chi connectivity index (χ1n) is 6.67. The van der Waals surface area contributed by atoms with E-state index in [2.05, 4.69) is 11.4 Å². The molecule has 1 aromatic carbocycles. The van der Waals surface area contributed by atoms with E-state index in [0.29, 0.717) is 6.42 Å². The molecule has 1 aliphatic heterocycles. The molecule has 1 aromatic rings. The molecule has 4 heteroatoms. The number of hydrogen-bond donors (Lipinski definition) is 1. The number of nitrogens with one attached hydrogen (secondary N) is 1. The fourth-order valence-corrected chi connectivity index (χ4v) is 3.02. The average molecular weight is 259 g/mol. The standard InChI is InChI=1S/C15H17NO3/c1-19-14(18)15(7-2-8-15)11-4-5-12-10(9-11)3-6-13(17)16-12/h4-5,9H,2-3,6-8H2,1H3,(H,16,17). The SMILES string of the molecule is COC(=O)C1(c2ccc3c(c2)CCC(=O)N3)CCC1. The van der Waals surface area contributed by atoms with Gasteiger partial charge in [-0.3, -0.25) is 9.59 Å². The van der Waals surface area contributed by atoms with Crippen LogP contribution in [-0.4, -0.2) is 19.0 Å². The summed E-state index contributed by atoms with van der Waals surface area (Å²) in [5, 5.41) is 2.86. The Morgan fingerprint density at radius 3 is 2.74 bits per heavy atom. The van der Waals surface area contributed by atoms with Crippen LogP contribution in [0.5, 0.6) is 0 Å². The van der Waals surface area contributed by atoms with Crippen molar-refractivity contribution in [1.29, 1.82) is 0 Å². The number of methoxy groups -OCH3 is 1. The second-order valence-electron chi connectivity index (χ2n) is 5.35. The molecule has 1 saturated carbocycles. The summed E-state index contributed by atoms with van der Waals surface area (Å²) in [6.45, 7) is 0. The Labute approximate surface area is 112 Å². The first-order chi connectivity index (χ1) is 9.15. The largest absolute Gasteiger partial charge is 0.468 e. The fourth-order valence-electron chi connectivity index (χ4n) is 3.02. The molecular formula is C15H17NO3. The van der Waals surface area contributed by atoms with Crippen LogP contribution in [0, 0.1) is 0 Å². The van der Waals surface area contributed by atoms with Crippen LogP contribution in [0.3, 0.4) is 0 Å². The molecule has 1 amide bonds. The van der Waals surface area contributed by atoms with Gasteiger partial charge >= 0.3 is 5.97 Å². The molecule has 19 heavy (non-hydrogen) atoms. The van der Waals surface area contributed by atoms with Gasteiger partial charge in [0.25, 0.3) is 0 Å². The van der Waals surface area contributed by atoms with Gasteiger partial charge < -0.3 is 10.1 Å². The Kier molecular flexibility index (Phi) is 2.81. The van der Waals surface area contributed by atoms with Crippen LogP contribution < -0.4 is 5.32 Å². The fraction of sp³-hybridized carbons (Fsp3) is 0.467. The molecule has 0 bridgehead atoms. The summed E-state index contributed by atoms with van der Waals surface area (Å²) >= 11 is 0. The predicted octanol–water partition coefficient (Wildman–Crippen LogP) is 2.17. The number of benzene rings is 1. The van der Waals surface area contributed by atoms with Gasteiger partial charge in [-0.25, -0.2) is 0 Å². The molecule has 1 aliphatic carbocycles. The zero-order chi connectivity index (χ0) is 13.5. The van der Waals surface area contributed by atoms with Gasteiger partial charge in [0.2, 0.25) is 5.91 Å². The van der Waals surface area contributed by atoms with Crippen LogP contribution in [0.2, 0.25) is 0 Å². The molecule has 0 unspecified atom stereocenters. The van der Waals surface area contributed by atoms with Gasteiger partial charge in [0.15, 0.2) is 0 Å². The van der Waals surface area contributed by atoms with E-state index in [0.717, 1.165) is 42.5 Å². The quantitative estimate of drug-likeness (QED) is 0.828. The smallest absolute Gasteiger partial charge is 0.316 e. The van der Waals surface area contributed by atoms with Crippen molar-refractivity contribution in [2.45, 2.75) is 37.5 Å². The second-order valence-corrected chi connectivity index (χ2v) is 5.35. The minimum Gasteiger partial charge on any atom is -0.468 e. The van der Waals surface area contributed by atoms with E-state index in [4.69, 9.17) is 4.74 Å². The monoisotopic (exact) mass is 259 g/mol. The Morgan fingerprint density at radius 2 is 2.11 bits per heavy atom. The van der Waals surface area contributed by atoms with Crippen LogP contribution in [0.15, 0.2) is 18.2 Å². The molecule has 1 N–H and O–H groups in total. The zero-order valence-corrected chi connectivity index (χ0v) is 11.0. The van der Waals surface area contributed by atoms with E-state index < -0.39 is 5.41 Å².